The molecule has 0 fully saturated rings. The summed E-state index contributed by atoms with van der Waals surface area (Å²) in [6.45, 7) is 0.263. The molecule has 0 aliphatic carbocycles. The molecule has 1 heterocycles. The van der Waals surface area contributed by atoms with E-state index in [1.807, 2.05) is 6.07 Å². The maximum atomic E-state index is 12.0. The molecule has 1 aromatic rings. The molecule has 0 atom stereocenters. The van der Waals surface area contributed by atoms with Gasteiger partial charge in [-0.2, -0.15) is 13.2 Å². The first-order chi connectivity index (χ1) is 8.40. The number of rotatable bonds is 4. The zero-order valence-electron chi connectivity index (χ0n) is 9.92. The van der Waals surface area contributed by atoms with E-state index < -0.39 is 12.6 Å². The molecule has 2 nitrogen and oxygen atoms in total. The van der Waals surface area contributed by atoms with Crippen LogP contribution in [0, 0.1) is 11.8 Å². The molecule has 0 bridgehead atoms. The molecule has 18 heavy (non-hydrogen) atoms. The Bertz CT molecular complexity index is 431. The Morgan fingerprint density at radius 2 is 2.11 bits per heavy atom. The Balaban J connectivity index is 2.44. The van der Waals surface area contributed by atoms with Gasteiger partial charge in [-0.25, -0.2) is 0 Å². The van der Waals surface area contributed by atoms with Crippen LogP contribution >= 0.6 is 11.3 Å². The van der Waals surface area contributed by atoms with Crippen LogP contribution in [0.4, 0.5) is 13.2 Å². The minimum atomic E-state index is -4.11. The van der Waals surface area contributed by atoms with Crippen LogP contribution in [-0.2, 0) is 6.54 Å². The van der Waals surface area contributed by atoms with Crippen molar-refractivity contribution in [3.8, 4) is 11.8 Å². The lowest BCUT2D eigenvalue weighted by molar-refractivity contribution is -0.137. The Kier molecular flexibility index (Phi) is 5.66. The Morgan fingerprint density at radius 1 is 1.39 bits per heavy atom. The summed E-state index contributed by atoms with van der Waals surface area (Å²) in [5.74, 6) is 5.29. The van der Waals surface area contributed by atoms with E-state index in [4.69, 9.17) is 5.11 Å². The lowest BCUT2D eigenvalue weighted by Crippen LogP contribution is -2.23. The highest BCUT2D eigenvalue weighted by atomic mass is 32.1. The maximum absolute atomic E-state index is 12.0. The van der Waals surface area contributed by atoms with Crippen LogP contribution in [-0.4, -0.2) is 36.4 Å². The van der Waals surface area contributed by atoms with Gasteiger partial charge >= 0.3 is 6.18 Å². The van der Waals surface area contributed by atoms with Gasteiger partial charge in [0.1, 0.15) is 6.61 Å². The monoisotopic (exact) mass is 277 g/mol. The van der Waals surface area contributed by atoms with E-state index in [2.05, 4.69) is 11.8 Å². The van der Waals surface area contributed by atoms with Crippen LogP contribution < -0.4 is 0 Å². The van der Waals surface area contributed by atoms with Gasteiger partial charge in [0.25, 0.3) is 0 Å². The molecular formula is C12H14F3NOS. The molecular weight excluding hydrogens is 263 g/mol. The van der Waals surface area contributed by atoms with E-state index in [1.54, 1.807) is 18.0 Å². The van der Waals surface area contributed by atoms with Crippen molar-refractivity contribution in [1.29, 1.82) is 0 Å². The Labute approximate surface area is 108 Å². The molecule has 6 heteroatoms. The highest BCUT2D eigenvalue weighted by Gasteiger charge is 2.27. The van der Waals surface area contributed by atoms with Crippen molar-refractivity contribution in [3.05, 3.63) is 21.9 Å². The molecule has 0 aliphatic heterocycles. The second kappa shape index (κ2) is 6.78. The van der Waals surface area contributed by atoms with E-state index >= 15 is 0 Å². The quantitative estimate of drug-likeness (QED) is 0.855. The summed E-state index contributed by atoms with van der Waals surface area (Å²) in [7, 11) is 1.66. The summed E-state index contributed by atoms with van der Waals surface area (Å²) in [5, 5.41) is 8.54. The predicted octanol–water partition coefficient (Wildman–Crippen LogP) is 2.48. The van der Waals surface area contributed by atoms with Crippen molar-refractivity contribution in [3.63, 3.8) is 0 Å². The van der Waals surface area contributed by atoms with Gasteiger partial charge in [-0.1, -0.05) is 11.8 Å². The molecule has 0 aliphatic rings. The number of thiophene rings is 1. The predicted molar refractivity (Wildman–Crippen MR) is 65.3 cm³/mol. The molecule has 1 rings (SSSR count). The smallest absolute Gasteiger partial charge is 0.384 e. The van der Waals surface area contributed by atoms with E-state index in [-0.39, 0.29) is 13.2 Å². The standard InChI is InChI=1S/C12H14F3NOS/c1-16(7-6-12(13,14)15)9-11-5-4-10(18-11)3-2-8-17/h4-5,17H,6-9H2,1H3. The third kappa shape index (κ3) is 6.05. The van der Waals surface area contributed by atoms with E-state index in [0.29, 0.717) is 6.54 Å². The maximum Gasteiger partial charge on any atom is 0.390 e. The minimum absolute atomic E-state index is 0.0148. The molecule has 0 aromatic carbocycles. The van der Waals surface area contributed by atoms with E-state index in [1.165, 1.54) is 11.3 Å². The van der Waals surface area contributed by atoms with Gasteiger partial charge in [0, 0.05) is 18.0 Å². The fourth-order valence-electron chi connectivity index (χ4n) is 1.32. The summed E-state index contributed by atoms with van der Waals surface area (Å²) in [6.07, 6.45) is -4.91. The van der Waals surface area contributed by atoms with Gasteiger partial charge < -0.3 is 10.0 Å². The summed E-state index contributed by atoms with van der Waals surface area (Å²) < 4.78 is 36.1. The van der Waals surface area contributed by atoms with Crippen LogP contribution in [0.15, 0.2) is 12.1 Å². The number of nitrogens with zero attached hydrogens (tertiary/aromatic N) is 1. The van der Waals surface area contributed by atoms with Crippen molar-refractivity contribution in [2.45, 2.75) is 19.1 Å². The molecule has 0 unspecified atom stereocenters. The van der Waals surface area contributed by atoms with Gasteiger partial charge in [0.2, 0.25) is 0 Å². The number of aliphatic hydroxyl groups excluding tert-OH is 1. The SMILES string of the molecule is CN(CCC(F)(F)F)Cc1ccc(C#CCO)s1. The topological polar surface area (TPSA) is 23.5 Å². The highest BCUT2D eigenvalue weighted by molar-refractivity contribution is 7.12. The van der Waals surface area contributed by atoms with Gasteiger partial charge in [0.05, 0.1) is 11.3 Å². The van der Waals surface area contributed by atoms with E-state index in [0.717, 1.165) is 9.75 Å². The summed E-state index contributed by atoms with van der Waals surface area (Å²) in [4.78, 5) is 3.40. The number of halogens is 3. The normalized spacial score (nSPS) is 11.4. The van der Waals surface area contributed by atoms with Gasteiger partial charge in [-0.3, -0.25) is 0 Å². The van der Waals surface area contributed by atoms with E-state index in [9.17, 15) is 13.2 Å². The molecule has 0 radical (unpaired) electrons. The zero-order chi connectivity index (χ0) is 13.6. The lowest BCUT2D eigenvalue weighted by atomic mass is 10.3. The van der Waals surface area contributed by atoms with Crippen LogP contribution in [0.3, 0.4) is 0 Å². The average molecular weight is 277 g/mol. The third-order valence-corrected chi connectivity index (χ3v) is 3.14. The van der Waals surface area contributed by atoms with Crippen molar-refractivity contribution in [2.75, 3.05) is 20.2 Å². The molecule has 0 saturated heterocycles. The highest BCUT2D eigenvalue weighted by Crippen LogP contribution is 2.21. The summed E-state index contributed by atoms with van der Waals surface area (Å²) in [6, 6.07) is 3.65. The van der Waals surface area contributed by atoms with Gasteiger partial charge in [0.15, 0.2) is 0 Å². The molecule has 0 amide bonds. The van der Waals surface area contributed by atoms with Crippen molar-refractivity contribution < 1.29 is 18.3 Å². The molecule has 1 aromatic heterocycles. The Hall–Kier alpha value is -1.03. The summed E-state index contributed by atoms with van der Waals surface area (Å²) in [5.41, 5.74) is 0. The van der Waals surface area contributed by atoms with Crippen molar-refractivity contribution >= 4 is 11.3 Å². The number of hydrogen-bond donors (Lipinski definition) is 1. The lowest BCUT2D eigenvalue weighted by Gasteiger charge is -2.16. The fourth-order valence-corrected chi connectivity index (χ4v) is 2.28. The second-order valence-corrected chi connectivity index (χ2v) is 5.00. The number of aliphatic hydroxyl groups is 1. The van der Waals surface area contributed by atoms with Crippen LogP contribution in [0.5, 0.6) is 0 Å². The first kappa shape index (κ1) is 15.0. The Morgan fingerprint density at radius 3 is 2.72 bits per heavy atom. The fraction of sp³-hybridized carbons (Fsp3) is 0.500. The zero-order valence-corrected chi connectivity index (χ0v) is 10.7. The molecule has 100 valence electrons. The molecule has 0 saturated carbocycles. The van der Waals surface area contributed by atoms with Gasteiger partial charge in [-0.15, -0.1) is 11.3 Å². The van der Waals surface area contributed by atoms with Crippen molar-refractivity contribution in [2.24, 2.45) is 0 Å². The van der Waals surface area contributed by atoms with Crippen LogP contribution in [0.1, 0.15) is 16.2 Å². The number of hydrogen-bond acceptors (Lipinski definition) is 3. The van der Waals surface area contributed by atoms with Gasteiger partial charge in [-0.05, 0) is 19.2 Å². The first-order valence-corrected chi connectivity index (χ1v) is 6.16. The molecule has 1 N–H and O–H groups in total. The second-order valence-electron chi connectivity index (χ2n) is 3.83. The van der Waals surface area contributed by atoms with Crippen LogP contribution in [0.2, 0.25) is 0 Å². The third-order valence-electron chi connectivity index (χ3n) is 2.16. The first-order valence-electron chi connectivity index (χ1n) is 5.34. The number of alkyl halides is 3. The minimum Gasteiger partial charge on any atom is -0.384 e. The summed E-state index contributed by atoms with van der Waals surface area (Å²) >= 11 is 1.43. The van der Waals surface area contributed by atoms with Crippen molar-refractivity contribution in [1.82, 2.24) is 4.90 Å². The van der Waals surface area contributed by atoms with Crippen LogP contribution in [0.25, 0.3) is 0 Å². The average Bonchev–Trinajstić information content (AvgIpc) is 2.70. The molecule has 0 spiro atoms. The largest absolute Gasteiger partial charge is 0.390 e.